The van der Waals surface area contributed by atoms with Gasteiger partial charge in [0.25, 0.3) is 0 Å². The van der Waals surface area contributed by atoms with Gasteiger partial charge in [0.05, 0.1) is 13.2 Å². The number of allylic oxidation sites excluding steroid dienone is 4. The fourth-order valence-corrected chi connectivity index (χ4v) is 7.04. The third-order valence-corrected chi connectivity index (χ3v) is 10.7. The predicted molar refractivity (Wildman–Crippen MR) is 236 cm³/mol. The second kappa shape index (κ2) is 42.9. The van der Waals surface area contributed by atoms with Crippen LogP contribution in [0.15, 0.2) is 24.3 Å². The molecule has 0 rings (SSSR count). The number of carbonyl (C=O) groups excluding carboxylic acids is 3. The van der Waals surface area contributed by atoms with Crippen molar-refractivity contribution in [2.75, 3.05) is 13.2 Å². The highest BCUT2D eigenvalue weighted by Crippen LogP contribution is 2.19. The van der Waals surface area contributed by atoms with E-state index < -0.39 is 24.5 Å². The van der Waals surface area contributed by atoms with Crippen molar-refractivity contribution in [3.63, 3.8) is 0 Å². The number of carboxylic acids is 1. The molecule has 0 aromatic carbocycles. The summed E-state index contributed by atoms with van der Waals surface area (Å²) in [4.78, 5) is 47.7. The number of hydrogen-bond acceptors (Lipinski definition) is 6. The first-order valence-corrected chi connectivity index (χ1v) is 23.7. The zero-order valence-electron chi connectivity index (χ0n) is 36.9. The average Bonchev–Trinajstić information content (AvgIpc) is 3.20. The topological polar surface area (TPSA) is 142 Å². The minimum absolute atomic E-state index is 0.0173. The second-order valence-corrected chi connectivity index (χ2v) is 16.2. The van der Waals surface area contributed by atoms with Crippen molar-refractivity contribution in [1.29, 1.82) is 0 Å². The van der Waals surface area contributed by atoms with E-state index >= 15 is 0 Å². The molecule has 0 heterocycles. The van der Waals surface area contributed by atoms with E-state index in [2.05, 4.69) is 48.8 Å². The molecule has 9 nitrogen and oxygen atoms in total. The summed E-state index contributed by atoms with van der Waals surface area (Å²) in [5.74, 6) is -2.29. The van der Waals surface area contributed by atoms with Gasteiger partial charge in [0.1, 0.15) is 12.1 Å². The van der Waals surface area contributed by atoms with Crippen LogP contribution >= 0.6 is 0 Å². The van der Waals surface area contributed by atoms with Crippen LogP contribution in [0.1, 0.15) is 232 Å². The summed E-state index contributed by atoms with van der Waals surface area (Å²) >= 11 is 0. The van der Waals surface area contributed by atoms with Crippen molar-refractivity contribution in [2.24, 2.45) is 0 Å². The smallest absolute Gasteiger partial charge is 0.328 e. The Kier molecular flexibility index (Phi) is 40.9. The van der Waals surface area contributed by atoms with Crippen LogP contribution in [-0.2, 0) is 23.9 Å². The number of hydrogen-bond donors (Lipinski definition) is 4. The minimum Gasteiger partial charge on any atom is -0.480 e. The molecular weight excluding hydrogens is 717 g/mol. The van der Waals surface area contributed by atoms with E-state index in [-0.39, 0.29) is 24.5 Å². The van der Waals surface area contributed by atoms with Gasteiger partial charge >= 0.3 is 11.9 Å². The number of aliphatic hydroxyl groups is 1. The lowest BCUT2D eigenvalue weighted by Gasteiger charge is -2.18. The molecule has 0 aromatic rings. The second-order valence-electron chi connectivity index (χ2n) is 16.2. The summed E-state index contributed by atoms with van der Waals surface area (Å²) in [5.41, 5.74) is 0. The summed E-state index contributed by atoms with van der Waals surface area (Å²) in [6.45, 7) is 3.48. The molecule has 2 amide bonds. The van der Waals surface area contributed by atoms with Crippen LogP contribution in [-0.4, -0.2) is 59.3 Å². The van der Waals surface area contributed by atoms with Crippen LogP contribution in [0.2, 0.25) is 0 Å². The maximum absolute atomic E-state index is 12.8. The Hall–Kier alpha value is -2.68. The monoisotopic (exact) mass is 805 g/mol. The maximum Gasteiger partial charge on any atom is 0.328 e. The van der Waals surface area contributed by atoms with Gasteiger partial charge in [0, 0.05) is 12.8 Å². The number of carbonyl (C=O) groups is 4. The first-order valence-electron chi connectivity index (χ1n) is 23.7. The van der Waals surface area contributed by atoms with Gasteiger partial charge in [0.15, 0.2) is 0 Å². The Morgan fingerprint density at radius 3 is 1.44 bits per heavy atom. The molecule has 0 spiro atoms. The molecule has 0 bridgehead atoms. The Morgan fingerprint density at radius 1 is 0.526 bits per heavy atom. The number of ether oxygens (including phenoxy) is 1. The molecule has 57 heavy (non-hydrogen) atoms. The molecule has 0 aliphatic rings. The number of rotatable bonds is 43. The lowest BCUT2D eigenvalue weighted by molar-refractivity contribution is -0.150. The van der Waals surface area contributed by atoms with E-state index in [0.717, 1.165) is 77.0 Å². The van der Waals surface area contributed by atoms with Crippen molar-refractivity contribution in [3.05, 3.63) is 24.3 Å². The summed E-state index contributed by atoms with van der Waals surface area (Å²) in [5, 5.41) is 22.6. The van der Waals surface area contributed by atoms with Gasteiger partial charge in [-0.3, -0.25) is 14.4 Å². The number of aliphatic hydroxyl groups excluding tert-OH is 1. The molecule has 0 aliphatic carbocycles. The van der Waals surface area contributed by atoms with Crippen LogP contribution in [0.5, 0.6) is 0 Å². The van der Waals surface area contributed by atoms with Crippen molar-refractivity contribution in [3.8, 4) is 0 Å². The maximum atomic E-state index is 12.8. The Labute approximate surface area is 349 Å². The molecule has 332 valence electrons. The third kappa shape index (κ3) is 39.9. The number of carboxylic acid groups (broad SMARTS) is 1. The highest BCUT2D eigenvalue weighted by atomic mass is 16.5. The lowest BCUT2D eigenvalue weighted by atomic mass is 10.0. The number of nitrogens with one attached hydrogen (secondary N) is 2. The SMILES string of the molecule is CCCCC/C=C\C/C=C\CCCCCCCC(=O)OC(CCCCCCCCCCCCCCCC)CCCCCCCC(=O)NCC(=O)NC(CO)C(=O)O. The van der Waals surface area contributed by atoms with E-state index in [0.29, 0.717) is 19.3 Å². The fraction of sp³-hybridized carbons (Fsp3) is 0.833. The van der Waals surface area contributed by atoms with Crippen molar-refractivity contribution in [2.45, 2.75) is 244 Å². The van der Waals surface area contributed by atoms with E-state index in [1.54, 1.807) is 0 Å². The zero-order valence-corrected chi connectivity index (χ0v) is 36.9. The summed E-state index contributed by atoms with van der Waals surface area (Å²) in [6, 6.07) is -1.38. The van der Waals surface area contributed by atoms with Gasteiger partial charge in [0.2, 0.25) is 11.8 Å². The predicted octanol–water partition coefficient (Wildman–Crippen LogP) is 12.0. The molecule has 0 aromatic heterocycles. The zero-order chi connectivity index (χ0) is 41.9. The third-order valence-electron chi connectivity index (χ3n) is 10.7. The van der Waals surface area contributed by atoms with E-state index in [1.165, 1.54) is 122 Å². The van der Waals surface area contributed by atoms with Crippen LogP contribution in [0, 0.1) is 0 Å². The first kappa shape index (κ1) is 54.3. The fourth-order valence-electron chi connectivity index (χ4n) is 7.04. The number of amides is 2. The Bertz CT molecular complexity index is 1010. The molecule has 0 aliphatic heterocycles. The number of unbranched alkanes of at least 4 members (excludes halogenated alkanes) is 25. The Morgan fingerprint density at radius 2 is 0.947 bits per heavy atom. The van der Waals surface area contributed by atoms with Crippen LogP contribution < -0.4 is 10.6 Å². The molecular formula is C48H88N2O7. The van der Waals surface area contributed by atoms with Gasteiger partial charge in [-0.05, 0) is 70.6 Å². The van der Waals surface area contributed by atoms with Crippen molar-refractivity contribution < 1.29 is 34.1 Å². The highest BCUT2D eigenvalue weighted by molar-refractivity contribution is 5.87. The largest absolute Gasteiger partial charge is 0.480 e. The van der Waals surface area contributed by atoms with E-state index in [9.17, 15) is 19.2 Å². The van der Waals surface area contributed by atoms with Crippen molar-refractivity contribution in [1.82, 2.24) is 10.6 Å². The molecule has 0 saturated heterocycles. The van der Waals surface area contributed by atoms with E-state index in [1.807, 2.05) is 0 Å². The number of esters is 1. The summed E-state index contributed by atoms with van der Waals surface area (Å²) < 4.78 is 6.05. The average molecular weight is 805 g/mol. The molecule has 0 fully saturated rings. The van der Waals surface area contributed by atoms with Gasteiger partial charge in [-0.15, -0.1) is 0 Å². The highest BCUT2D eigenvalue weighted by Gasteiger charge is 2.19. The number of aliphatic carboxylic acids is 1. The minimum atomic E-state index is -1.38. The standard InChI is InChI=1S/C48H88N2O7/c1-3-5-7-9-11-13-15-17-19-21-23-25-27-32-36-40-47(54)57-43(37-33-29-26-24-22-20-18-16-14-12-10-8-6-4-2)38-34-30-28-31-35-39-45(52)49-41-46(53)50-44(42-51)48(55)56/h11,13,17,19,43-44,51H,3-10,12,14-16,18,20-42H2,1-2H3,(H,49,52)(H,50,53)(H,55,56)/b13-11-,19-17-. The summed E-state index contributed by atoms with van der Waals surface area (Å²) in [6.07, 6.45) is 47.7. The van der Waals surface area contributed by atoms with Gasteiger partial charge in [-0.25, -0.2) is 4.79 Å². The van der Waals surface area contributed by atoms with Crippen molar-refractivity contribution >= 4 is 23.8 Å². The molecule has 0 saturated carbocycles. The van der Waals surface area contributed by atoms with Gasteiger partial charge in [-0.2, -0.15) is 0 Å². The molecule has 0 radical (unpaired) electrons. The van der Waals surface area contributed by atoms with Gasteiger partial charge in [-0.1, -0.05) is 173 Å². The van der Waals surface area contributed by atoms with Crippen LogP contribution in [0.25, 0.3) is 0 Å². The molecule has 9 heteroatoms. The molecule has 2 atom stereocenters. The lowest BCUT2D eigenvalue weighted by Crippen LogP contribution is -2.47. The Balaban J connectivity index is 4.33. The van der Waals surface area contributed by atoms with E-state index in [4.69, 9.17) is 14.9 Å². The van der Waals surface area contributed by atoms with Crippen LogP contribution in [0.4, 0.5) is 0 Å². The molecule has 2 unspecified atom stereocenters. The normalized spacial score (nSPS) is 12.6. The van der Waals surface area contributed by atoms with Crippen LogP contribution in [0.3, 0.4) is 0 Å². The van der Waals surface area contributed by atoms with Gasteiger partial charge < -0.3 is 25.6 Å². The molecule has 4 N–H and O–H groups in total. The first-order chi connectivity index (χ1) is 27.8. The summed E-state index contributed by atoms with van der Waals surface area (Å²) in [7, 11) is 0. The quantitative estimate of drug-likeness (QED) is 0.0273.